The molecule has 4 aromatic carbocycles. The number of benzene rings is 4. The third-order valence-corrected chi connectivity index (χ3v) is 10.6. The molecule has 2 heteroatoms. The van der Waals surface area contributed by atoms with Crippen molar-refractivity contribution in [2.45, 2.75) is 33.1 Å². The molecule has 0 N–H and O–H groups in total. The Balaban J connectivity index is 1.73. The Hall–Kier alpha value is -4.30. The van der Waals surface area contributed by atoms with E-state index < -0.39 is 21.7 Å². The quantitative estimate of drug-likeness (QED) is 0.272. The summed E-state index contributed by atoms with van der Waals surface area (Å²) < 4.78 is 0. The van der Waals surface area contributed by atoms with Gasteiger partial charge in [0, 0.05) is 0 Å². The van der Waals surface area contributed by atoms with Crippen LogP contribution in [0.1, 0.15) is 49.9 Å². The first-order valence-electron chi connectivity index (χ1n) is 14.1. The predicted octanol–water partition coefficient (Wildman–Crippen LogP) is 8.21. The number of rotatable bonds is 4. The highest BCUT2D eigenvalue weighted by molar-refractivity contribution is 6.33. The molecule has 0 heterocycles. The van der Waals surface area contributed by atoms with Gasteiger partial charge in [0.25, 0.3) is 0 Å². The molecule has 1 saturated carbocycles. The molecule has 0 aromatic heterocycles. The molecular formula is C38H32O2. The Kier molecular flexibility index (Phi) is 5.01. The number of Topliss-reactive ketones (excluding diaryl/α,β-unsaturated/α-hetero) is 2. The average Bonchev–Trinajstić information content (AvgIpc) is 3.37. The van der Waals surface area contributed by atoms with Crippen molar-refractivity contribution in [3.8, 4) is 0 Å². The van der Waals surface area contributed by atoms with Gasteiger partial charge in [-0.25, -0.2) is 0 Å². The standard InChI is InChI=1S/C38H32O2/c1-25-30(26-17-9-5-10-18-26)38(29-23-15-8-16-24-29)36(3)32(28-21-13-7-14-22-28)31(27-19-11-6-12-20-27)35(2,34(36)40)37(38,4)33(25)39/h5-24H,1-4H3/t35-,36-,37+,38-/m1/s1. The second-order valence-corrected chi connectivity index (χ2v) is 12.0. The Morgan fingerprint density at radius 3 is 1.30 bits per heavy atom. The average molecular weight is 521 g/mol. The lowest BCUT2D eigenvalue weighted by atomic mass is 9.43. The van der Waals surface area contributed by atoms with Gasteiger partial charge in [-0.2, -0.15) is 0 Å². The third-order valence-electron chi connectivity index (χ3n) is 10.6. The molecule has 40 heavy (non-hydrogen) atoms. The van der Waals surface area contributed by atoms with E-state index in [0.29, 0.717) is 0 Å². The fourth-order valence-corrected chi connectivity index (χ4v) is 9.13. The zero-order chi connectivity index (χ0) is 27.9. The summed E-state index contributed by atoms with van der Waals surface area (Å²) in [6.45, 7) is 8.23. The molecule has 7 rings (SSSR count). The van der Waals surface area contributed by atoms with Crippen molar-refractivity contribution < 1.29 is 9.59 Å². The zero-order valence-electron chi connectivity index (χ0n) is 23.4. The van der Waals surface area contributed by atoms with Gasteiger partial charge >= 0.3 is 0 Å². The van der Waals surface area contributed by atoms with Crippen molar-refractivity contribution in [2.24, 2.45) is 16.2 Å². The molecule has 3 aliphatic carbocycles. The topological polar surface area (TPSA) is 34.1 Å². The predicted molar refractivity (Wildman–Crippen MR) is 161 cm³/mol. The molecule has 0 amide bonds. The lowest BCUT2D eigenvalue weighted by molar-refractivity contribution is -0.134. The number of carbonyl (C=O) groups excluding carboxylic acids is 2. The van der Waals surface area contributed by atoms with Crippen molar-refractivity contribution in [3.05, 3.63) is 149 Å². The second kappa shape index (κ2) is 8.11. The summed E-state index contributed by atoms with van der Waals surface area (Å²) in [7, 11) is 0. The first kappa shape index (κ1) is 24.7. The molecule has 0 aliphatic heterocycles. The van der Waals surface area contributed by atoms with Crippen LogP contribution in [0.2, 0.25) is 0 Å². The van der Waals surface area contributed by atoms with E-state index in [4.69, 9.17) is 0 Å². The van der Waals surface area contributed by atoms with Crippen LogP contribution in [0, 0.1) is 16.2 Å². The summed E-state index contributed by atoms with van der Waals surface area (Å²) in [5, 5.41) is 0. The molecule has 0 radical (unpaired) electrons. The second-order valence-electron chi connectivity index (χ2n) is 12.0. The molecule has 0 saturated heterocycles. The van der Waals surface area contributed by atoms with Crippen LogP contribution in [0.4, 0.5) is 0 Å². The van der Waals surface area contributed by atoms with Crippen molar-refractivity contribution >= 4 is 28.3 Å². The van der Waals surface area contributed by atoms with Crippen LogP contribution in [0.25, 0.3) is 16.7 Å². The minimum absolute atomic E-state index is 0.0651. The fraction of sp³-hybridized carbons (Fsp3) is 0.211. The van der Waals surface area contributed by atoms with Gasteiger partial charge in [0.2, 0.25) is 0 Å². The maximum atomic E-state index is 15.4. The van der Waals surface area contributed by atoms with Gasteiger partial charge in [-0.1, -0.05) is 121 Å². The third kappa shape index (κ3) is 2.47. The highest BCUT2D eigenvalue weighted by Crippen LogP contribution is 2.86. The fourth-order valence-electron chi connectivity index (χ4n) is 9.13. The minimum atomic E-state index is -1.06. The van der Waals surface area contributed by atoms with E-state index >= 15 is 4.79 Å². The number of ketones is 2. The van der Waals surface area contributed by atoms with E-state index in [1.54, 1.807) is 0 Å². The first-order valence-corrected chi connectivity index (χ1v) is 14.1. The summed E-state index contributed by atoms with van der Waals surface area (Å²) in [4.78, 5) is 30.3. The van der Waals surface area contributed by atoms with Gasteiger partial charge in [0.05, 0.1) is 21.7 Å². The zero-order valence-corrected chi connectivity index (χ0v) is 23.4. The number of carbonyl (C=O) groups is 2. The Labute approximate surface area is 236 Å². The van der Waals surface area contributed by atoms with Crippen LogP contribution in [-0.4, -0.2) is 11.6 Å². The highest BCUT2D eigenvalue weighted by Gasteiger charge is 2.88. The Bertz CT molecular complexity index is 1750. The van der Waals surface area contributed by atoms with Crippen molar-refractivity contribution in [3.63, 3.8) is 0 Å². The number of hydrogen-bond acceptors (Lipinski definition) is 2. The van der Waals surface area contributed by atoms with E-state index in [2.05, 4.69) is 69.3 Å². The van der Waals surface area contributed by atoms with E-state index in [9.17, 15) is 4.79 Å². The number of hydrogen-bond donors (Lipinski definition) is 0. The van der Waals surface area contributed by atoms with Gasteiger partial charge < -0.3 is 0 Å². The largest absolute Gasteiger partial charge is 0.298 e. The van der Waals surface area contributed by atoms with Crippen molar-refractivity contribution in [2.75, 3.05) is 0 Å². The minimum Gasteiger partial charge on any atom is -0.298 e. The molecule has 2 nitrogen and oxygen atoms in total. The van der Waals surface area contributed by atoms with Crippen LogP contribution in [0.3, 0.4) is 0 Å². The van der Waals surface area contributed by atoms with Crippen LogP contribution in [0.15, 0.2) is 127 Å². The first-order chi connectivity index (χ1) is 19.3. The monoisotopic (exact) mass is 520 g/mol. The van der Waals surface area contributed by atoms with Gasteiger partial charge in [0.1, 0.15) is 0 Å². The van der Waals surface area contributed by atoms with Crippen LogP contribution in [-0.2, 0) is 15.0 Å². The molecule has 3 aliphatic rings. The molecule has 2 bridgehead atoms. The van der Waals surface area contributed by atoms with Crippen molar-refractivity contribution in [1.29, 1.82) is 0 Å². The van der Waals surface area contributed by atoms with Gasteiger partial charge in [-0.05, 0) is 72.2 Å². The Morgan fingerprint density at radius 1 is 0.475 bits per heavy atom. The molecular weight excluding hydrogens is 488 g/mol. The molecule has 0 unspecified atom stereocenters. The smallest absolute Gasteiger partial charge is 0.167 e. The Morgan fingerprint density at radius 2 is 0.850 bits per heavy atom. The molecule has 0 spiro atoms. The molecule has 4 aromatic rings. The van der Waals surface area contributed by atoms with Gasteiger partial charge in [0.15, 0.2) is 11.6 Å². The molecule has 1 fully saturated rings. The van der Waals surface area contributed by atoms with E-state index in [0.717, 1.165) is 44.5 Å². The van der Waals surface area contributed by atoms with E-state index in [1.165, 1.54) is 0 Å². The summed E-state index contributed by atoms with van der Waals surface area (Å²) in [6.07, 6.45) is 0. The summed E-state index contributed by atoms with van der Waals surface area (Å²) in [5.74, 6) is 0.189. The highest BCUT2D eigenvalue weighted by atomic mass is 16.1. The molecule has 196 valence electrons. The lowest BCUT2D eigenvalue weighted by Gasteiger charge is -2.55. The summed E-state index contributed by atoms with van der Waals surface area (Å²) in [6, 6.07) is 41.1. The number of fused-ring (bicyclic) bond motifs is 5. The summed E-state index contributed by atoms with van der Waals surface area (Å²) in [5.41, 5.74) is 3.79. The lowest BCUT2D eigenvalue weighted by Crippen LogP contribution is -2.56. The van der Waals surface area contributed by atoms with E-state index in [1.807, 2.05) is 79.7 Å². The number of allylic oxidation sites excluding steroid dienone is 4. The van der Waals surface area contributed by atoms with Crippen LogP contribution < -0.4 is 0 Å². The maximum Gasteiger partial charge on any atom is 0.167 e. The van der Waals surface area contributed by atoms with E-state index in [-0.39, 0.29) is 11.6 Å². The van der Waals surface area contributed by atoms with Gasteiger partial charge in [-0.15, -0.1) is 0 Å². The van der Waals surface area contributed by atoms with Crippen LogP contribution in [0.5, 0.6) is 0 Å². The SMILES string of the molecule is CC1=C(c2ccccc2)[C@]2(c3ccccc3)[C@@]3(C)C(=O)[C@@](C)(C(c4ccccc4)=C3c3ccccc3)[C@]2(C)C1=O. The molecule has 4 atom stereocenters. The normalized spacial score (nSPS) is 30.8. The van der Waals surface area contributed by atoms with Gasteiger partial charge in [-0.3, -0.25) is 9.59 Å². The van der Waals surface area contributed by atoms with Crippen LogP contribution >= 0.6 is 0 Å². The summed E-state index contributed by atoms with van der Waals surface area (Å²) >= 11 is 0. The van der Waals surface area contributed by atoms with Crippen molar-refractivity contribution in [1.82, 2.24) is 0 Å². The maximum absolute atomic E-state index is 15.4.